The molecular weight excluding hydrogens is 232 g/mol. The van der Waals surface area contributed by atoms with E-state index in [1.165, 1.54) is 0 Å². The van der Waals surface area contributed by atoms with Crippen molar-refractivity contribution in [1.29, 1.82) is 0 Å². The molecule has 3 atom stereocenters. The molecular formula is C13H22N2O3. The number of hydrogen-bond acceptors (Lipinski definition) is 4. The van der Waals surface area contributed by atoms with Crippen LogP contribution in [0.2, 0.25) is 0 Å². The molecule has 5 heteroatoms. The Hall–Kier alpha value is -1.10. The van der Waals surface area contributed by atoms with Gasteiger partial charge in [-0.25, -0.2) is 0 Å². The van der Waals surface area contributed by atoms with Gasteiger partial charge in [0, 0.05) is 12.6 Å². The molecule has 0 aromatic heterocycles. The fourth-order valence-corrected chi connectivity index (χ4v) is 3.05. The molecule has 0 bridgehead atoms. The highest BCUT2D eigenvalue weighted by Crippen LogP contribution is 2.30. The molecule has 0 aromatic rings. The zero-order valence-corrected chi connectivity index (χ0v) is 11.4. The lowest BCUT2D eigenvalue weighted by Crippen LogP contribution is -2.64. The van der Waals surface area contributed by atoms with Crippen LogP contribution in [0.25, 0.3) is 0 Å². The molecule has 2 heterocycles. The van der Waals surface area contributed by atoms with Crippen molar-refractivity contribution in [1.82, 2.24) is 9.80 Å². The summed E-state index contributed by atoms with van der Waals surface area (Å²) in [5.74, 6) is -1.08. The average Bonchev–Trinajstić information content (AvgIpc) is 2.33. The van der Waals surface area contributed by atoms with Crippen LogP contribution in [-0.2, 0) is 14.3 Å². The minimum atomic E-state index is -0.647. The molecule has 0 aromatic carbocycles. The molecule has 2 rings (SSSR count). The third kappa shape index (κ3) is 2.23. The maximum atomic E-state index is 12.4. The van der Waals surface area contributed by atoms with E-state index in [9.17, 15) is 9.59 Å². The van der Waals surface area contributed by atoms with Crippen LogP contribution in [0.15, 0.2) is 0 Å². The smallest absolute Gasteiger partial charge is 0.319 e. The van der Waals surface area contributed by atoms with Gasteiger partial charge in [0.1, 0.15) is 5.92 Å². The van der Waals surface area contributed by atoms with Gasteiger partial charge in [-0.3, -0.25) is 14.5 Å². The second-order valence-electron chi connectivity index (χ2n) is 5.25. The van der Waals surface area contributed by atoms with E-state index in [-0.39, 0.29) is 24.1 Å². The van der Waals surface area contributed by atoms with Gasteiger partial charge in [0.05, 0.1) is 12.8 Å². The van der Waals surface area contributed by atoms with Crippen molar-refractivity contribution >= 4 is 11.9 Å². The summed E-state index contributed by atoms with van der Waals surface area (Å²) in [5, 5.41) is 0. The highest BCUT2D eigenvalue weighted by Gasteiger charge is 2.45. The van der Waals surface area contributed by atoms with Gasteiger partial charge in [0.25, 0.3) is 0 Å². The van der Waals surface area contributed by atoms with Crippen LogP contribution in [-0.4, -0.2) is 54.1 Å². The largest absolute Gasteiger partial charge is 0.465 e. The van der Waals surface area contributed by atoms with Crippen molar-refractivity contribution in [3.8, 4) is 0 Å². The van der Waals surface area contributed by atoms with Crippen LogP contribution in [0.4, 0.5) is 0 Å². The maximum absolute atomic E-state index is 12.4. The molecule has 0 saturated carbocycles. The standard InChI is InChI=1S/C13H22N2O3/c1-4-18-13(17)10-8-14(3)11-7-5-6-9(2)15(11)12(10)16/h9-11H,4-8H2,1-3H3. The Morgan fingerprint density at radius 1 is 1.44 bits per heavy atom. The van der Waals surface area contributed by atoms with Crippen LogP contribution in [0.5, 0.6) is 0 Å². The molecule has 0 aliphatic carbocycles. The summed E-state index contributed by atoms with van der Waals surface area (Å²) in [5.41, 5.74) is 0. The van der Waals surface area contributed by atoms with E-state index in [1.807, 2.05) is 11.9 Å². The van der Waals surface area contributed by atoms with Crippen molar-refractivity contribution in [3.63, 3.8) is 0 Å². The number of carbonyl (C=O) groups is 2. The molecule has 102 valence electrons. The molecule has 0 N–H and O–H groups in total. The monoisotopic (exact) mass is 254 g/mol. The molecule has 18 heavy (non-hydrogen) atoms. The van der Waals surface area contributed by atoms with Crippen molar-refractivity contribution in [2.45, 2.75) is 45.3 Å². The predicted octanol–water partition coefficient (Wildman–Crippen LogP) is 0.838. The number of esters is 1. The summed E-state index contributed by atoms with van der Waals surface area (Å²) in [4.78, 5) is 28.3. The number of carbonyl (C=O) groups excluding carboxylic acids is 2. The fraction of sp³-hybridized carbons (Fsp3) is 0.846. The summed E-state index contributed by atoms with van der Waals surface area (Å²) in [6.45, 7) is 4.63. The Labute approximate surface area is 108 Å². The first kappa shape index (κ1) is 13.3. The third-order valence-corrected chi connectivity index (χ3v) is 3.98. The van der Waals surface area contributed by atoms with E-state index < -0.39 is 5.92 Å². The number of hydrogen-bond donors (Lipinski definition) is 0. The first-order valence-corrected chi connectivity index (χ1v) is 6.75. The van der Waals surface area contributed by atoms with Gasteiger partial charge >= 0.3 is 5.97 Å². The van der Waals surface area contributed by atoms with Crippen LogP contribution in [0.1, 0.15) is 33.1 Å². The van der Waals surface area contributed by atoms with E-state index in [2.05, 4.69) is 11.8 Å². The normalized spacial score (nSPS) is 33.2. The Bertz CT molecular complexity index is 345. The fourth-order valence-electron chi connectivity index (χ4n) is 3.05. The van der Waals surface area contributed by atoms with Gasteiger partial charge < -0.3 is 9.64 Å². The van der Waals surface area contributed by atoms with Gasteiger partial charge in [0.2, 0.25) is 5.91 Å². The summed E-state index contributed by atoms with van der Waals surface area (Å²) < 4.78 is 5.00. The molecule has 3 unspecified atom stereocenters. The van der Waals surface area contributed by atoms with Crippen molar-refractivity contribution in [2.24, 2.45) is 5.92 Å². The zero-order valence-electron chi connectivity index (χ0n) is 11.4. The van der Waals surface area contributed by atoms with Crippen LogP contribution in [0, 0.1) is 5.92 Å². The van der Waals surface area contributed by atoms with Crippen LogP contribution in [0.3, 0.4) is 0 Å². The van der Waals surface area contributed by atoms with Crippen molar-refractivity contribution < 1.29 is 14.3 Å². The lowest BCUT2D eigenvalue weighted by molar-refractivity contribution is -0.170. The highest BCUT2D eigenvalue weighted by atomic mass is 16.5. The third-order valence-electron chi connectivity index (χ3n) is 3.98. The maximum Gasteiger partial charge on any atom is 0.319 e. The molecule has 2 aliphatic heterocycles. The predicted molar refractivity (Wildman–Crippen MR) is 66.7 cm³/mol. The first-order valence-electron chi connectivity index (χ1n) is 6.75. The van der Waals surface area contributed by atoms with E-state index in [1.54, 1.807) is 6.92 Å². The van der Waals surface area contributed by atoms with Crippen molar-refractivity contribution in [2.75, 3.05) is 20.2 Å². The topological polar surface area (TPSA) is 49.9 Å². The summed E-state index contributed by atoms with van der Waals surface area (Å²) in [6.07, 6.45) is 3.32. The minimum absolute atomic E-state index is 0.0521. The number of piperidine rings is 1. The van der Waals surface area contributed by atoms with Gasteiger partial charge in [-0.2, -0.15) is 0 Å². The SMILES string of the molecule is CCOC(=O)C1CN(C)C2CCCC(C)N2C1=O. The zero-order chi connectivity index (χ0) is 13.3. The molecule has 5 nitrogen and oxygen atoms in total. The Morgan fingerprint density at radius 2 is 2.17 bits per heavy atom. The lowest BCUT2D eigenvalue weighted by Gasteiger charge is -2.49. The lowest BCUT2D eigenvalue weighted by atomic mass is 9.93. The minimum Gasteiger partial charge on any atom is -0.465 e. The Morgan fingerprint density at radius 3 is 2.83 bits per heavy atom. The first-order chi connectivity index (χ1) is 8.56. The quantitative estimate of drug-likeness (QED) is 0.541. The van der Waals surface area contributed by atoms with E-state index >= 15 is 0 Å². The average molecular weight is 254 g/mol. The van der Waals surface area contributed by atoms with Crippen molar-refractivity contribution in [3.05, 3.63) is 0 Å². The molecule has 2 fully saturated rings. The van der Waals surface area contributed by atoms with E-state index in [0.29, 0.717) is 13.2 Å². The van der Waals surface area contributed by atoms with E-state index in [0.717, 1.165) is 19.3 Å². The summed E-state index contributed by atoms with van der Waals surface area (Å²) >= 11 is 0. The summed E-state index contributed by atoms with van der Waals surface area (Å²) in [7, 11) is 1.98. The van der Waals surface area contributed by atoms with E-state index in [4.69, 9.17) is 4.74 Å². The molecule has 2 saturated heterocycles. The van der Waals surface area contributed by atoms with Crippen LogP contribution < -0.4 is 0 Å². The molecule has 0 spiro atoms. The second kappa shape index (κ2) is 5.26. The van der Waals surface area contributed by atoms with Gasteiger partial charge in [-0.15, -0.1) is 0 Å². The number of nitrogens with zero attached hydrogens (tertiary/aromatic N) is 2. The summed E-state index contributed by atoms with van der Waals surface area (Å²) in [6, 6.07) is 0.218. The molecule has 0 radical (unpaired) electrons. The van der Waals surface area contributed by atoms with Crippen LogP contribution >= 0.6 is 0 Å². The number of fused-ring (bicyclic) bond motifs is 1. The number of amides is 1. The molecule has 2 aliphatic rings. The Kier molecular flexibility index (Phi) is 3.90. The second-order valence-corrected chi connectivity index (χ2v) is 5.25. The molecule has 1 amide bonds. The number of ether oxygens (including phenoxy) is 1. The Balaban J connectivity index is 2.17. The van der Waals surface area contributed by atoms with Gasteiger partial charge in [-0.1, -0.05) is 0 Å². The number of rotatable bonds is 2. The highest BCUT2D eigenvalue weighted by molar-refractivity contribution is 5.98. The van der Waals surface area contributed by atoms with Gasteiger partial charge in [0.15, 0.2) is 0 Å². The van der Waals surface area contributed by atoms with Gasteiger partial charge in [-0.05, 0) is 40.2 Å².